The quantitative estimate of drug-likeness (QED) is 0.623. The molecule has 6 heteroatoms. The molecule has 6 nitrogen and oxygen atoms in total. The van der Waals surface area contributed by atoms with E-state index in [1.807, 2.05) is 0 Å². The molecule has 1 aromatic rings. The second-order valence-corrected chi connectivity index (χ2v) is 3.71. The van der Waals surface area contributed by atoms with Gasteiger partial charge in [-0.1, -0.05) is 0 Å². The molecular formula is C9H15N5O. The highest BCUT2D eigenvalue weighted by Crippen LogP contribution is 2.05. The molecule has 1 unspecified atom stereocenters. The lowest BCUT2D eigenvalue weighted by atomic mass is 10.1. The maximum absolute atomic E-state index is 11.6. The molecular weight excluding hydrogens is 194 g/mol. The van der Waals surface area contributed by atoms with E-state index < -0.39 is 0 Å². The third-order valence-electron chi connectivity index (χ3n) is 2.56. The van der Waals surface area contributed by atoms with Gasteiger partial charge in [-0.25, -0.2) is 0 Å². The molecule has 0 spiro atoms. The van der Waals surface area contributed by atoms with E-state index in [0.29, 0.717) is 5.69 Å². The highest BCUT2D eigenvalue weighted by atomic mass is 16.2. The van der Waals surface area contributed by atoms with Gasteiger partial charge in [-0.2, -0.15) is 15.4 Å². The number of rotatable bonds is 2. The fraction of sp³-hybridized carbons (Fsp3) is 0.667. The molecule has 82 valence electrons. The van der Waals surface area contributed by atoms with E-state index in [-0.39, 0.29) is 11.9 Å². The van der Waals surface area contributed by atoms with Crippen molar-refractivity contribution in [1.29, 1.82) is 0 Å². The average Bonchev–Trinajstić information content (AvgIpc) is 2.65. The monoisotopic (exact) mass is 209 g/mol. The van der Waals surface area contributed by atoms with Crippen molar-refractivity contribution >= 4 is 5.91 Å². The Morgan fingerprint density at radius 1 is 1.47 bits per heavy atom. The van der Waals surface area contributed by atoms with Crippen LogP contribution >= 0.6 is 0 Å². The van der Waals surface area contributed by atoms with Crippen LogP contribution in [0.25, 0.3) is 0 Å². The van der Waals surface area contributed by atoms with Crippen LogP contribution in [-0.2, 0) is 0 Å². The van der Waals surface area contributed by atoms with Crippen molar-refractivity contribution in [3.63, 3.8) is 0 Å². The second kappa shape index (κ2) is 4.88. The van der Waals surface area contributed by atoms with Gasteiger partial charge in [-0.05, 0) is 32.4 Å². The maximum atomic E-state index is 11.6. The fourth-order valence-electron chi connectivity index (χ4n) is 1.73. The minimum atomic E-state index is -0.143. The van der Waals surface area contributed by atoms with E-state index in [4.69, 9.17) is 0 Å². The largest absolute Gasteiger partial charge is 0.348 e. The first-order chi connectivity index (χ1) is 7.36. The zero-order chi connectivity index (χ0) is 10.5. The summed E-state index contributed by atoms with van der Waals surface area (Å²) >= 11 is 0. The Bertz CT molecular complexity index is 302. The van der Waals surface area contributed by atoms with Crippen LogP contribution < -0.4 is 10.6 Å². The molecule has 0 radical (unpaired) electrons. The van der Waals surface area contributed by atoms with Gasteiger partial charge in [0.15, 0.2) is 5.69 Å². The fourth-order valence-corrected chi connectivity index (χ4v) is 1.73. The molecule has 2 rings (SSSR count). The summed E-state index contributed by atoms with van der Waals surface area (Å²) in [4.78, 5) is 11.6. The summed E-state index contributed by atoms with van der Waals surface area (Å²) in [5.74, 6) is -0.143. The van der Waals surface area contributed by atoms with Crippen molar-refractivity contribution in [2.75, 3.05) is 13.1 Å². The predicted octanol–water partition coefficient (Wildman–Crippen LogP) is -0.323. The summed E-state index contributed by atoms with van der Waals surface area (Å²) in [6.45, 7) is 2.00. The molecule has 1 aromatic heterocycles. The van der Waals surface area contributed by atoms with Gasteiger partial charge in [0.1, 0.15) is 0 Å². The summed E-state index contributed by atoms with van der Waals surface area (Å²) < 4.78 is 0. The number of nitrogens with zero attached hydrogens (tertiary/aromatic N) is 2. The van der Waals surface area contributed by atoms with Crippen molar-refractivity contribution in [2.24, 2.45) is 0 Å². The SMILES string of the molecule is O=C(NC1CCCNCC1)c1cn[nH]n1. The normalized spacial score (nSPS) is 22.0. The summed E-state index contributed by atoms with van der Waals surface area (Å²) in [5.41, 5.74) is 0.354. The first-order valence-electron chi connectivity index (χ1n) is 5.23. The van der Waals surface area contributed by atoms with Gasteiger partial charge in [0.25, 0.3) is 5.91 Å². The minimum absolute atomic E-state index is 0.143. The first-order valence-corrected chi connectivity index (χ1v) is 5.23. The van der Waals surface area contributed by atoms with Crippen LogP contribution in [0.5, 0.6) is 0 Å². The second-order valence-electron chi connectivity index (χ2n) is 3.71. The molecule has 1 fully saturated rings. The van der Waals surface area contributed by atoms with Crippen molar-refractivity contribution in [1.82, 2.24) is 26.0 Å². The van der Waals surface area contributed by atoms with E-state index in [9.17, 15) is 4.79 Å². The molecule has 0 bridgehead atoms. The molecule has 3 N–H and O–H groups in total. The maximum Gasteiger partial charge on any atom is 0.273 e. The number of nitrogens with one attached hydrogen (secondary N) is 3. The third kappa shape index (κ3) is 2.76. The van der Waals surface area contributed by atoms with Crippen LogP contribution in [0.2, 0.25) is 0 Å². The Morgan fingerprint density at radius 3 is 3.20 bits per heavy atom. The van der Waals surface area contributed by atoms with Crippen LogP contribution in [0.15, 0.2) is 6.20 Å². The zero-order valence-corrected chi connectivity index (χ0v) is 8.49. The van der Waals surface area contributed by atoms with Crippen molar-refractivity contribution in [3.05, 3.63) is 11.9 Å². The minimum Gasteiger partial charge on any atom is -0.348 e. The lowest BCUT2D eigenvalue weighted by molar-refractivity contribution is 0.0929. The molecule has 1 aliphatic rings. The van der Waals surface area contributed by atoms with E-state index in [1.54, 1.807) is 0 Å². The average molecular weight is 209 g/mol. The Kier molecular flexibility index (Phi) is 3.29. The van der Waals surface area contributed by atoms with Gasteiger partial charge in [-0.3, -0.25) is 4.79 Å². The van der Waals surface area contributed by atoms with Gasteiger partial charge in [0.05, 0.1) is 6.20 Å². The smallest absolute Gasteiger partial charge is 0.273 e. The number of H-pyrrole nitrogens is 1. The molecule has 0 aliphatic carbocycles. The van der Waals surface area contributed by atoms with Gasteiger partial charge in [-0.15, -0.1) is 0 Å². The van der Waals surface area contributed by atoms with Crippen LogP contribution in [0.1, 0.15) is 29.8 Å². The molecule has 0 aromatic carbocycles. The molecule has 1 amide bonds. The van der Waals surface area contributed by atoms with Gasteiger partial charge < -0.3 is 10.6 Å². The molecule has 1 saturated heterocycles. The summed E-state index contributed by atoms with van der Waals surface area (Å²) in [5, 5.41) is 16.0. The van der Waals surface area contributed by atoms with E-state index in [0.717, 1.165) is 32.4 Å². The third-order valence-corrected chi connectivity index (χ3v) is 2.56. The predicted molar refractivity (Wildman–Crippen MR) is 54.4 cm³/mol. The van der Waals surface area contributed by atoms with Gasteiger partial charge in [0.2, 0.25) is 0 Å². The zero-order valence-electron chi connectivity index (χ0n) is 8.49. The molecule has 1 atom stereocenters. The number of hydrogen-bond donors (Lipinski definition) is 3. The number of amides is 1. The van der Waals surface area contributed by atoms with Crippen molar-refractivity contribution < 1.29 is 4.79 Å². The lowest BCUT2D eigenvalue weighted by Crippen LogP contribution is -2.35. The number of hydrogen-bond acceptors (Lipinski definition) is 4. The van der Waals surface area contributed by atoms with Crippen LogP contribution in [0.4, 0.5) is 0 Å². The Morgan fingerprint density at radius 2 is 2.40 bits per heavy atom. The number of carbonyl (C=O) groups excluding carboxylic acids is 1. The van der Waals surface area contributed by atoms with E-state index in [2.05, 4.69) is 26.0 Å². The highest BCUT2D eigenvalue weighted by molar-refractivity contribution is 5.91. The van der Waals surface area contributed by atoms with E-state index >= 15 is 0 Å². The Hall–Kier alpha value is -1.43. The highest BCUT2D eigenvalue weighted by Gasteiger charge is 2.16. The number of aromatic amines is 1. The molecule has 15 heavy (non-hydrogen) atoms. The summed E-state index contributed by atoms with van der Waals surface area (Å²) in [7, 11) is 0. The lowest BCUT2D eigenvalue weighted by Gasteiger charge is -2.14. The van der Waals surface area contributed by atoms with Crippen LogP contribution in [-0.4, -0.2) is 40.4 Å². The molecule has 0 saturated carbocycles. The standard InChI is InChI=1S/C9H15N5O/c15-9(8-6-11-14-13-8)12-7-2-1-4-10-5-3-7/h6-7,10H,1-5H2,(H,12,15)(H,11,13,14). The molecule has 2 heterocycles. The van der Waals surface area contributed by atoms with Crippen LogP contribution in [0, 0.1) is 0 Å². The van der Waals surface area contributed by atoms with Crippen LogP contribution in [0.3, 0.4) is 0 Å². The summed E-state index contributed by atoms with van der Waals surface area (Å²) in [6.07, 6.45) is 4.54. The van der Waals surface area contributed by atoms with Crippen molar-refractivity contribution in [2.45, 2.75) is 25.3 Å². The number of carbonyl (C=O) groups is 1. The topological polar surface area (TPSA) is 82.7 Å². The summed E-state index contributed by atoms with van der Waals surface area (Å²) in [6, 6.07) is 0.254. The Balaban J connectivity index is 1.87. The first kappa shape index (κ1) is 10.1. The van der Waals surface area contributed by atoms with Gasteiger partial charge >= 0.3 is 0 Å². The van der Waals surface area contributed by atoms with Gasteiger partial charge in [0, 0.05) is 6.04 Å². The molecule has 1 aliphatic heterocycles. The van der Waals surface area contributed by atoms with E-state index in [1.165, 1.54) is 6.20 Å². The Labute approximate surface area is 87.8 Å². The van der Waals surface area contributed by atoms with Crippen molar-refractivity contribution in [3.8, 4) is 0 Å². The number of aromatic nitrogens is 3.